The molecular weight excluding hydrogens is 752 g/mol. The summed E-state index contributed by atoms with van der Waals surface area (Å²) in [7, 11) is 2.82. The zero-order valence-corrected chi connectivity index (χ0v) is 30.9. The average molecular weight is 795 g/mol. The predicted molar refractivity (Wildman–Crippen MR) is 204 cm³/mol. The molecule has 22 heteroatoms. The van der Waals surface area contributed by atoms with Crippen LogP contribution < -0.4 is 51.9 Å². The molecule has 304 valence electrons. The molecule has 0 heterocycles. The second-order valence-corrected chi connectivity index (χ2v) is 12.2. The topological polar surface area (TPSA) is 316 Å². The molecule has 0 radical (unpaired) electrons. The third-order valence-electron chi connectivity index (χ3n) is 8.54. The molecule has 0 saturated carbocycles. The smallest absolute Gasteiger partial charge is 0.233 e. The van der Waals surface area contributed by atoms with Gasteiger partial charge >= 0.3 is 0 Å². The zero-order valence-electron chi connectivity index (χ0n) is 30.9. The fourth-order valence-corrected chi connectivity index (χ4v) is 5.46. The van der Waals surface area contributed by atoms with Crippen molar-refractivity contribution in [1.82, 2.24) is 0 Å². The van der Waals surface area contributed by atoms with Crippen LogP contribution in [0.2, 0.25) is 0 Å². The number of amides is 2. The molecule has 0 saturated heterocycles. The van der Waals surface area contributed by atoms with E-state index in [2.05, 4.69) is 31.7 Å². The number of carbonyl (C=O) groups is 2. The van der Waals surface area contributed by atoms with Crippen LogP contribution in [0.3, 0.4) is 0 Å². The first-order valence-corrected chi connectivity index (χ1v) is 16.8. The van der Waals surface area contributed by atoms with Crippen LogP contribution in [0.4, 0.5) is 45.5 Å². The molecule has 0 fully saturated rings. The molecule has 6 unspecified atom stereocenters. The Morgan fingerprint density at radius 1 is 0.596 bits per heavy atom. The lowest BCUT2D eigenvalue weighted by molar-refractivity contribution is -0.996. The Morgan fingerprint density at radius 3 is 1.30 bits per heavy atom. The van der Waals surface area contributed by atoms with E-state index in [9.17, 15) is 51.2 Å². The van der Waals surface area contributed by atoms with E-state index in [1.165, 1.54) is 52.3 Å². The van der Waals surface area contributed by atoms with Crippen molar-refractivity contribution in [2.75, 3.05) is 35.7 Å². The molecule has 0 bridgehead atoms. The number of methoxy groups -OCH3 is 2. The molecule has 4 rings (SSSR count). The fraction of sp³-hybridized carbons (Fsp3) is 0.200. The van der Waals surface area contributed by atoms with Crippen LogP contribution in [0.15, 0.2) is 95.1 Å². The lowest BCUT2D eigenvalue weighted by Crippen LogP contribution is -3.00. The van der Waals surface area contributed by atoms with Gasteiger partial charge in [0.25, 0.3) is 0 Å². The Balaban J connectivity index is 1.80. The monoisotopic (exact) mass is 794 g/mol. The first-order valence-electron chi connectivity index (χ1n) is 16.8. The van der Waals surface area contributed by atoms with Gasteiger partial charge in [-0.15, -0.1) is 0 Å². The number of nitrogens with one attached hydrogen (secondary N) is 8. The molecule has 4 aromatic carbocycles. The van der Waals surface area contributed by atoms with E-state index < -0.39 is 55.9 Å². The number of quaternary nitrogens is 4. The number of carbonyl (C=O) groups excluding carboxylic acids is 2. The summed E-state index contributed by atoms with van der Waals surface area (Å²) in [5.41, 5.74) is 4.27. The van der Waals surface area contributed by atoms with Gasteiger partial charge in [-0.25, -0.2) is 20.8 Å². The van der Waals surface area contributed by atoms with Crippen molar-refractivity contribution < 1.29 is 60.8 Å². The second kappa shape index (κ2) is 20.2. The Hall–Kier alpha value is -6.12. The van der Waals surface area contributed by atoms with Gasteiger partial charge in [0.15, 0.2) is 22.7 Å². The van der Waals surface area contributed by atoms with E-state index in [0.29, 0.717) is 11.5 Å². The standard InChI is InChI=1S/C35H42N10O12/c1-20(38-40-26-15-13-22(42(48)49)17-30(26)44(52)53)24(34(46)36-28-9-5-7-11-32(28)56-3)19-25(35(47)37-29-10-6-8-12-33(29)57-4)21(2)39-41-27-16-14-23(43(50)51)18-31(27)45(54)55/h5-18,24-25,40-45,48,50,52,54H,19H2,1-4H3,(H,36,46)(H,37,47)/b38-20-,39-21-. The van der Waals surface area contributed by atoms with Crippen LogP contribution in [0, 0.1) is 32.7 Å². The van der Waals surface area contributed by atoms with Gasteiger partial charge in [0, 0.05) is 23.6 Å². The number of nitrogens with zero attached hydrogens (tertiary/aromatic N) is 2. The number of anilines is 4. The molecule has 0 aliphatic heterocycles. The van der Waals surface area contributed by atoms with Crippen molar-refractivity contribution in [3.05, 3.63) is 106 Å². The minimum absolute atomic E-state index is 0.0503. The molecule has 0 aromatic heterocycles. The van der Waals surface area contributed by atoms with Crippen LogP contribution >= 0.6 is 0 Å². The van der Waals surface area contributed by atoms with Crippen LogP contribution in [-0.4, -0.2) is 58.3 Å². The van der Waals surface area contributed by atoms with Gasteiger partial charge in [0.1, 0.15) is 22.9 Å². The van der Waals surface area contributed by atoms with Crippen LogP contribution in [0.1, 0.15) is 20.3 Å². The Bertz CT molecular complexity index is 1940. The fourth-order valence-electron chi connectivity index (χ4n) is 5.46. The van der Waals surface area contributed by atoms with Crippen LogP contribution in [0.25, 0.3) is 0 Å². The molecule has 0 spiro atoms. The van der Waals surface area contributed by atoms with Gasteiger partial charge < -0.3 is 40.9 Å². The van der Waals surface area contributed by atoms with Crippen molar-refractivity contribution in [1.29, 1.82) is 0 Å². The van der Waals surface area contributed by atoms with Crippen molar-refractivity contribution in [3.8, 4) is 11.5 Å². The average Bonchev–Trinajstić information content (AvgIpc) is 3.19. The number of para-hydroxylation sites is 4. The number of hydrogen-bond donors (Lipinski definition) is 12. The quantitative estimate of drug-likeness (QED) is 0.0482. The summed E-state index contributed by atoms with van der Waals surface area (Å²) in [6.07, 6.45) is -0.330. The summed E-state index contributed by atoms with van der Waals surface area (Å²) in [4.78, 5) is 28.4. The number of ether oxygens (including phenoxy) is 2. The molecule has 0 aliphatic carbocycles. The second-order valence-electron chi connectivity index (χ2n) is 12.2. The lowest BCUT2D eigenvalue weighted by atomic mass is 9.87. The Morgan fingerprint density at radius 2 is 0.965 bits per heavy atom. The molecule has 12 N–H and O–H groups in total. The molecular formula is C35H42N10O12. The van der Waals surface area contributed by atoms with Crippen molar-refractivity contribution in [2.45, 2.75) is 20.3 Å². The summed E-state index contributed by atoms with van der Waals surface area (Å²) in [5.74, 6) is -3.24. The minimum Gasteiger partial charge on any atom is -0.595 e. The minimum atomic E-state index is -1.45. The van der Waals surface area contributed by atoms with Gasteiger partial charge in [-0.3, -0.25) is 20.4 Å². The number of rotatable bonds is 18. The van der Waals surface area contributed by atoms with E-state index >= 15 is 0 Å². The van der Waals surface area contributed by atoms with E-state index in [-0.39, 0.29) is 52.0 Å². The van der Waals surface area contributed by atoms with Gasteiger partial charge in [-0.2, -0.15) is 31.1 Å². The predicted octanol–water partition coefficient (Wildman–Crippen LogP) is 0.493. The van der Waals surface area contributed by atoms with Crippen molar-refractivity contribution in [3.63, 3.8) is 0 Å². The normalized spacial score (nSPS) is 15.0. The summed E-state index contributed by atoms with van der Waals surface area (Å²) in [5, 5.41) is 93.9. The van der Waals surface area contributed by atoms with Crippen molar-refractivity contribution in [2.24, 2.45) is 22.0 Å². The molecule has 2 amide bonds. The number of hydrogen-bond acceptors (Lipinski definition) is 16. The highest BCUT2D eigenvalue weighted by molar-refractivity contribution is 6.13. The van der Waals surface area contributed by atoms with Gasteiger partial charge in [0.2, 0.25) is 11.8 Å². The van der Waals surface area contributed by atoms with E-state index in [1.54, 1.807) is 48.5 Å². The Labute approximate surface area is 324 Å². The molecule has 6 atom stereocenters. The first kappa shape index (κ1) is 43.6. The molecule has 4 aromatic rings. The summed E-state index contributed by atoms with van der Waals surface area (Å²) in [6, 6.07) is 19.7. The first-order chi connectivity index (χ1) is 27.1. The maximum atomic E-state index is 14.2. The van der Waals surface area contributed by atoms with Gasteiger partial charge in [0.05, 0.1) is 49.6 Å². The maximum absolute atomic E-state index is 14.2. The summed E-state index contributed by atoms with van der Waals surface area (Å²) >= 11 is 0. The van der Waals surface area contributed by atoms with E-state index in [1.807, 2.05) is 0 Å². The van der Waals surface area contributed by atoms with Gasteiger partial charge in [-0.05, 0) is 56.7 Å². The van der Waals surface area contributed by atoms with Gasteiger partial charge in [-0.1, -0.05) is 24.3 Å². The number of benzene rings is 4. The van der Waals surface area contributed by atoms with Crippen LogP contribution in [0.5, 0.6) is 11.5 Å². The molecule has 57 heavy (non-hydrogen) atoms. The molecule has 22 nitrogen and oxygen atoms in total. The summed E-state index contributed by atoms with van der Waals surface area (Å²) < 4.78 is 10.8. The highest BCUT2D eigenvalue weighted by Crippen LogP contribution is 2.29. The third kappa shape index (κ3) is 11.5. The van der Waals surface area contributed by atoms with Crippen LogP contribution in [-0.2, 0) is 9.59 Å². The summed E-state index contributed by atoms with van der Waals surface area (Å²) in [6.45, 7) is 2.91. The van der Waals surface area contributed by atoms with E-state index in [4.69, 9.17) is 9.47 Å². The molecule has 0 aliphatic rings. The number of hydrazone groups is 2. The van der Waals surface area contributed by atoms with Crippen molar-refractivity contribution >= 4 is 68.7 Å². The van der Waals surface area contributed by atoms with E-state index in [0.717, 1.165) is 12.1 Å². The Kier molecular flexibility index (Phi) is 15.4. The highest BCUT2D eigenvalue weighted by atomic mass is 16.8. The maximum Gasteiger partial charge on any atom is 0.233 e. The lowest BCUT2D eigenvalue weighted by Gasteiger charge is -2.24. The SMILES string of the molecule is COc1ccccc1NC(=O)C(CC(C(=O)Nc1ccccc1OC)/C(C)=N\Nc1ccc([NH+]([O-])O)cc1[NH+]([O-])O)/C(C)=N\Nc1ccc([NH+]([O-])O)cc1[NH+]([O-])O. The largest absolute Gasteiger partial charge is 0.595 e. The third-order valence-corrected chi connectivity index (χ3v) is 8.54. The zero-order chi connectivity index (χ0) is 41.8. The highest BCUT2D eigenvalue weighted by Gasteiger charge is 2.33.